The molecule has 0 amide bonds. The van der Waals surface area contributed by atoms with Gasteiger partial charge in [0.25, 0.3) is 12.0 Å². The number of ether oxygens (including phenoxy) is 2. The minimum Gasteiger partial charge on any atom is -0.463 e. The number of amidine groups is 2. The third-order valence-electron chi connectivity index (χ3n) is 4.07. The van der Waals surface area contributed by atoms with Crippen molar-refractivity contribution in [1.29, 1.82) is 0 Å². The Hall–Kier alpha value is -3.02. The number of benzene rings is 2. The highest BCUT2D eigenvalue weighted by Crippen LogP contribution is 2.24. The standard InChI is InChI=1S/C19H20N4O2/c1-3-7-16(22-18-20-9-11-24-18)14(5-1)13-15-6-2-4-8-17(15)23-19-21-10-12-25-19/h1-8H,9-13H2,(H,20,22)(H,21,23). The quantitative estimate of drug-likeness (QED) is 0.901. The lowest BCUT2D eigenvalue weighted by molar-refractivity contribution is 0.346. The highest BCUT2D eigenvalue weighted by Gasteiger charge is 2.13. The molecule has 0 bridgehead atoms. The molecule has 25 heavy (non-hydrogen) atoms. The zero-order valence-electron chi connectivity index (χ0n) is 13.9. The van der Waals surface area contributed by atoms with Crippen LogP contribution in [0.2, 0.25) is 0 Å². The van der Waals surface area contributed by atoms with E-state index in [0.29, 0.717) is 38.3 Å². The van der Waals surface area contributed by atoms with Crippen LogP contribution in [-0.4, -0.2) is 38.3 Å². The van der Waals surface area contributed by atoms with E-state index in [9.17, 15) is 0 Å². The molecule has 0 spiro atoms. The molecule has 2 aliphatic heterocycles. The SMILES string of the molecule is c1ccc(NC2=NCCO2)c(Cc2ccccc2NC2=NCCO2)c1. The van der Waals surface area contributed by atoms with Crippen molar-refractivity contribution in [2.24, 2.45) is 9.98 Å². The molecule has 0 fully saturated rings. The summed E-state index contributed by atoms with van der Waals surface area (Å²) in [6, 6.07) is 17.6. The predicted molar refractivity (Wildman–Crippen MR) is 99.4 cm³/mol. The number of nitrogens with zero attached hydrogens (tertiary/aromatic N) is 2. The van der Waals surface area contributed by atoms with Crippen molar-refractivity contribution < 1.29 is 9.47 Å². The minimum atomic E-state index is 0.590. The molecule has 0 radical (unpaired) electrons. The molecule has 0 atom stereocenters. The Kier molecular flexibility index (Phi) is 4.50. The third-order valence-corrected chi connectivity index (χ3v) is 4.07. The molecular weight excluding hydrogens is 316 g/mol. The van der Waals surface area contributed by atoms with Crippen LogP contribution in [0.4, 0.5) is 11.4 Å². The minimum absolute atomic E-state index is 0.590. The van der Waals surface area contributed by atoms with Crippen LogP contribution >= 0.6 is 0 Å². The van der Waals surface area contributed by atoms with Crippen LogP contribution in [0.15, 0.2) is 58.5 Å². The van der Waals surface area contributed by atoms with Crippen LogP contribution in [0.5, 0.6) is 0 Å². The average Bonchev–Trinajstić information content (AvgIpc) is 3.32. The Balaban J connectivity index is 1.56. The molecule has 2 aromatic rings. The van der Waals surface area contributed by atoms with Crippen LogP contribution in [0.25, 0.3) is 0 Å². The van der Waals surface area contributed by atoms with E-state index in [4.69, 9.17) is 9.47 Å². The van der Waals surface area contributed by atoms with Crippen molar-refractivity contribution in [3.63, 3.8) is 0 Å². The summed E-state index contributed by atoms with van der Waals surface area (Å²) in [4.78, 5) is 8.61. The van der Waals surface area contributed by atoms with Crippen molar-refractivity contribution in [2.75, 3.05) is 36.9 Å². The van der Waals surface area contributed by atoms with Gasteiger partial charge in [-0.2, -0.15) is 0 Å². The second-order valence-corrected chi connectivity index (χ2v) is 5.81. The maximum Gasteiger partial charge on any atom is 0.289 e. The lowest BCUT2D eigenvalue weighted by atomic mass is 10.0. The first kappa shape index (κ1) is 15.5. The van der Waals surface area contributed by atoms with Gasteiger partial charge in [0.15, 0.2) is 0 Å². The van der Waals surface area contributed by atoms with E-state index >= 15 is 0 Å². The molecule has 0 saturated carbocycles. The van der Waals surface area contributed by atoms with Crippen LogP contribution in [0.3, 0.4) is 0 Å². The van der Waals surface area contributed by atoms with Gasteiger partial charge >= 0.3 is 0 Å². The molecule has 2 heterocycles. The van der Waals surface area contributed by atoms with Crippen molar-refractivity contribution >= 4 is 23.4 Å². The summed E-state index contributed by atoms with van der Waals surface area (Å²) in [5.41, 5.74) is 4.35. The fourth-order valence-corrected chi connectivity index (χ4v) is 2.85. The topological polar surface area (TPSA) is 67.2 Å². The summed E-state index contributed by atoms with van der Waals surface area (Å²) in [7, 11) is 0. The van der Waals surface area contributed by atoms with Gasteiger partial charge in [-0.05, 0) is 23.3 Å². The monoisotopic (exact) mass is 336 g/mol. The second-order valence-electron chi connectivity index (χ2n) is 5.81. The van der Waals surface area contributed by atoms with E-state index in [2.05, 4.69) is 32.8 Å². The Morgan fingerprint density at radius 3 is 1.64 bits per heavy atom. The van der Waals surface area contributed by atoms with Gasteiger partial charge < -0.3 is 20.1 Å². The van der Waals surface area contributed by atoms with Crippen LogP contribution in [0, 0.1) is 0 Å². The van der Waals surface area contributed by atoms with Gasteiger partial charge in [-0.25, -0.2) is 9.98 Å². The molecule has 2 N–H and O–H groups in total. The smallest absolute Gasteiger partial charge is 0.289 e. The molecule has 2 aliphatic rings. The largest absolute Gasteiger partial charge is 0.463 e. The Labute approximate surface area is 146 Å². The van der Waals surface area contributed by atoms with Gasteiger partial charge in [-0.3, -0.25) is 0 Å². The molecular formula is C19H20N4O2. The predicted octanol–water partition coefficient (Wildman–Crippen LogP) is 2.87. The molecule has 0 saturated heterocycles. The van der Waals surface area contributed by atoms with Gasteiger partial charge in [0.05, 0.1) is 13.1 Å². The van der Waals surface area contributed by atoms with Gasteiger partial charge in [-0.1, -0.05) is 36.4 Å². The van der Waals surface area contributed by atoms with Gasteiger partial charge in [-0.15, -0.1) is 0 Å². The summed E-state index contributed by atoms with van der Waals surface area (Å²) in [5.74, 6) is 0. The van der Waals surface area contributed by atoms with E-state index in [-0.39, 0.29) is 0 Å². The molecule has 2 aromatic carbocycles. The average molecular weight is 336 g/mol. The molecule has 0 aromatic heterocycles. The maximum atomic E-state index is 5.47. The van der Waals surface area contributed by atoms with E-state index in [0.717, 1.165) is 17.8 Å². The maximum absolute atomic E-state index is 5.47. The normalized spacial score (nSPS) is 15.8. The highest BCUT2D eigenvalue weighted by atomic mass is 16.5. The Morgan fingerprint density at radius 2 is 1.20 bits per heavy atom. The number of para-hydroxylation sites is 2. The van der Waals surface area contributed by atoms with E-state index in [1.54, 1.807) is 0 Å². The fraction of sp³-hybridized carbons (Fsp3) is 0.263. The number of hydrogen-bond donors (Lipinski definition) is 2. The third kappa shape index (κ3) is 3.74. The van der Waals surface area contributed by atoms with Gasteiger partial charge in [0.2, 0.25) is 0 Å². The molecule has 4 rings (SSSR count). The van der Waals surface area contributed by atoms with Crippen molar-refractivity contribution in [1.82, 2.24) is 0 Å². The first-order valence-electron chi connectivity index (χ1n) is 8.43. The van der Waals surface area contributed by atoms with Crippen molar-refractivity contribution in [3.8, 4) is 0 Å². The molecule has 128 valence electrons. The summed E-state index contributed by atoms with van der Waals surface area (Å²) >= 11 is 0. The zero-order valence-corrected chi connectivity index (χ0v) is 13.9. The molecule has 6 heteroatoms. The summed E-state index contributed by atoms with van der Waals surface area (Å²) < 4.78 is 10.9. The molecule has 6 nitrogen and oxygen atoms in total. The highest BCUT2D eigenvalue weighted by molar-refractivity contribution is 5.92. The van der Waals surface area contributed by atoms with Gasteiger partial charge in [0, 0.05) is 17.8 Å². The first-order chi connectivity index (χ1) is 12.4. The van der Waals surface area contributed by atoms with E-state index in [1.165, 1.54) is 11.1 Å². The summed E-state index contributed by atoms with van der Waals surface area (Å²) in [6.45, 7) is 2.69. The van der Waals surface area contributed by atoms with Gasteiger partial charge in [0.1, 0.15) is 13.2 Å². The lowest BCUT2D eigenvalue weighted by Gasteiger charge is -2.15. The van der Waals surface area contributed by atoms with Crippen LogP contribution < -0.4 is 10.6 Å². The summed E-state index contributed by atoms with van der Waals surface area (Å²) in [5, 5.41) is 6.56. The molecule has 0 unspecified atom stereocenters. The van der Waals surface area contributed by atoms with Crippen LogP contribution in [0.1, 0.15) is 11.1 Å². The Morgan fingerprint density at radius 1 is 0.720 bits per heavy atom. The lowest BCUT2D eigenvalue weighted by Crippen LogP contribution is -2.15. The number of aliphatic imine (C=N–C) groups is 2. The fourth-order valence-electron chi connectivity index (χ4n) is 2.85. The Bertz CT molecular complexity index is 749. The number of hydrogen-bond acceptors (Lipinski definition) is 6. The van der Waals surface area contributed by atoms with Crippen LogP contribution in [-0.2, 0) is 15.9 Å². The van der Waals surface area contributed by atoms with Crippen molar-refractivity contribution in [3.05, 3.63) is 59.7 Å². The molecule has 0 aliphatic carbocycles. The number of anilines is 2. The van der Waals surface area contributed by atoms with E-state index in [1.807, 2.05) is 36.4 Å². The van der Waals surface area contributed by atoms with Crippen molar-refractivity contribution in [2.45, 2.75) is 6.42 Å². The summed E-state index contributed by atoms with van der Waals surface area (Å²) in [6.07, 6.45) is 0.771. The second kappa shape index (κ2) is 7.25. The zero-order chi connectivity index (χ0) is 16.9. The first-order valence-corrected chi connectivity index (χ1v) is 8.43. The number of nitrogens with one attached hydrogen (secondary N) is 2. The number of rotatable bonds is 4. The van der Waals surface area contributed by atoms with E-state index < -0.39 is 0 Å².